The number of fused-ring (bicyclic) bond motifs is 2. The molecule has 3 rings (SSSR count). The minimum Gasteiger partial charge on any atom is -0.262 e. The van der Waals surface area contributed by atoms with Gasteiger partial charge in [-0.1, -0.05) is 60.4 Å². The summed E-state index contributed by atoms with van der Waals surface area (Å²) in [5.74, 6) is 0. The van der Waals surface area contributed by atoms with Gasteiger partial charge in [-0.05, 0) is 58.5 Å². The second-order valence-electron chi connectivity index (χ2n) is 5.06. The third kappa shape index (κ3) is 3.13. The molecule has 0 amide bonds. The van der Waals surface area contributed by atoms with Crippen molar-refractivity contribution in [1.29, 1.82) is 0 Å². The number of rotatable bonds is 2. The monoisotopic (exact) mass is 324 g/mol. The van der Waals surface area contributed by atoms with Gasteiger partial charge in [0.1, 0.15) is 0 Å². The van der Waals surface area contributed by atoms with Gasteiger partial charge >= 0.3 is 0 Å². The molecule has 1 N–H and O–H groups in total. The number of nitrogens with zero attached hydrogens (tertiary/aromatic N) is 1. The Labute approximate surface area is 139 Å². The Hall–Kier alpha value is -1.91. The minimum atomic E-state index is 0.672. The second-order valence-corrected chi connectivity index (χ2v) is 6.55. The molecule has 0 aliphatic carbocycles. The van der Waals surface area contributed by atoms with Crippen LogP contribution in [0.15, 0.2) is 59.7 Å². The van der Waals surface area contributed by atoms with Gasteiger partial charge in [-0.3, -0.25) is 5.43 Å². The Morgan fingerprint density at radius 1 is 0.955 bits per heavy atom. The van der Waals surface area contributed by atoms with Crippen LogP contribution in [-0.2, 0) is 0 Å². The first-order chi connectivity index (χ1) is 10.7. The molecule has 3 aromatic carbocycles. The summed E-state index contributed by atoms with van der Waals surface area (Å²) in [5, 5.41) is 9.32. The summed E-state index contributed by atoms with van der Waals surface area (Å²) < 4.78 is 0.672. The van der Waals surface area contributed by atoms with Gasteiger partial charge in [0.25, 0.3) is 0 Å². The summed E-state index contributed by atoms with van der Waals surface area (Å²) in [5.41, 5.74) is 4.91. The van der Waals surface area contributed by atoms with Crippen molar-refractivity contribution in [3.05, 3.63) is 60.2 Å². The molecule has 3 aromatic rings. The first-order valence-corrected chi connectivity index (χ1v) is 8.62. The summed E-state index contributed by atoms with van der Waals surface area (Å²) in [6, 6.07) is 19.3. The Morgan fingerprint density at radius 3 is 2.27 bits per heavy atom. The topological polar surface area (TPSA) is 24.4 Å². The Kier molecular flexibility index (Phi) is 4.41. The van der Waals surface area contributed by atoms with Crippen LogP contribution in [0.5, 0.6) is 0 Å². The fourth-order valence-corrected chi connectivity index (χ4v) is 2.59. The summed E-state index contributed by atoms with van der Waals surface area (Å²) in [7, 11) is 0. The Balaban J connectivity index is 2.01. The number of hydrogen-bond donors (Lipinski definition) is 1. The fraction of sp³-hybridized carbons (Fsp3) is 0.111. The number of hydrogen-bond acceptors (Lipinski definition) is 3. The third-order valence-electron chi connectivity index (χ3n) is 3.62. The average Bonchev–Trinajstić information content (AvgIpc) is 2.56. The molecule has 0 atom stereocenters. The molecular formula is C18H16N2S2. The molecule has 0 spiro atoms. The second kappa shape index (κ2) is 6.46. The zero-order chi connectivity index (χ0) is 15.5. The van der Waals surface area contributed by atoms with Gasteiger partial charge < -0.3 is 0 Å². The van der Waals surface area contributed by atoms with Crippen molar-refractivity contribution >= 4 is 55.6 Å². The van der Waals surface area contributed by atoms with Crippen LogP contribution in [0.3, 0.4) is 0 Å². The van der Waals surface area contributed by atoms with Crippen molar-refractivity contribution < 1.29 is 0 Å². The first kappa shape index (κ1) is 15.0. The van der Waals surface area contributed by atoms with Gasteiger partial charge in [0.2, 0.25) is 0 Å². The molecule has 4 heteroatoms. The van der Waals surface area contributed by atoms with Gasteiger partial charge in [-0.15, -0.1) is 0 Å². The number of thiocarbonyl (C=S) groups is 1. The smallest absolute Gasteiger partial charge is 0.153 e. The Morgan fingerprint density at radius 2 is 1.59 bits per heavy atom. The molecular weight excluding hydrogens is 308 g/mol. The van der Waals surface area contributed by atoms with E-state index in [4.69, 9.17) is 12.2 Å². The normalized spacial score (nSPS) is 11.8. The lowest BCUT2D eigenvalue weighted by molar-refractivity contribution is 1.06. The van der Waals surface area contributed by atoms with Crippen molar-refractivity contribution in [1.82, 2.24) is 5.43 Å². The van der Waals surface area contributed by atoms with E-state index < -0.39 is 0 Å². The predicted molar refractivity (Wildman–Crippen MR) is 103 cm³/mol. The van der Waals surface area contributed by atoms with Crippen LogP contribution in [0, 0.1) is 0 Å². The predicted octanol–water partition coefficient (Wildman–Crippen LogP) is 4.95. The van der Waals surface area contributed by atoms with Crippen LogP contribution in [0.1, 0.15) is 12.5 Å². The van der Waals surface area contributed by atoms with Crippen molar-refractivity contribution in [3.63, 3.8) is 0 Å². The molecule has 0 aliphatic heterocycles. The highest BCUT2D eigenvalue weighted by atomic mass is 32.2. The first-order valence-electron chi connectivity index (χ1n) is 6.98. The molecule has 0 saturated heterocycles. The van der Waals surface area contributed by atoms with Crippen LogP contribution < -0.4 is 5.43 Å². The molecule has 0 unspecified atom stereocenters. The van der Waals surface area contributed by atoms with E-state index in [9.17, 15) is 0 Å². The quantitative estimate of drug-likeness (QED) is 0.312. The van der Waals surface area contributed by atoms with Crippen LogP contribution >= 0.6 is 24.0 Å². The van der Waals surface area contributed by atoms with Gasteiger partial charge in [0.05, 0.1) is 5.71 Å². The zero-order valence-corrected chi connectivity index (χ0v) is 14.1. The molecule has 0 aliphatic rings. The lowest BCUT2D eigenvalue weighted by Crippen LogP contribution is -2.13. The summed E-state index contributed by atoms with van der Waals surface area (Å²) in [6.45, 7) is 1.98. The van der Waals surface area contributed by atoms with E-state index in [0.29, 0.717) is 4.32 Å². The van der Waals surface area contributed by atoms with E-state index in [1.165, 1.54) is 33.3 Å². The third-order valence-corrected chi connectivity index (χ3v) is 4.68. The SMILES string of the molecule is CSC(=S)N/N=C(\C)c1ccc2cc3ccccc3cc2c1. The molecule has 110 valence electrons. The lowest BCUT2D eigenvalue weighted by atomic mass is 10.0. The average molecular weight is 324 g/mol. The van der Waals surface area contributed by atoms with Gasteiger partial charge in [0.15, 0.2) is 4.32 Å². The largest absolute Gasteiger partial charge is 0.262 e. The fourth-order valence-electron chi connectivity index (χ4n) is 2.40. The van der Waals surface area contributed by atoms with E-state index in [1.807, 2.05) is 13.2 Å². The van der Waals surface area contributed by atoms with Crippen molar-refractivity contribution in [2.75, 3.05) is 6.26 Å². The standard InChI is InChI=1S/C18H16N2S2/c1-12(19-20-18(21)22-2)13-7-8-16-10-14-5-3-4-6-15(14)11-17(16)9-13/h3-11H,1-2H3,(H,20,21)/b19-12+. The number of benzene rings is 3. The van der Waals surface area contributed by atoms with E-state index in [2.05, 4.69) is 65.1 Å². The van der Waals surface area contributed by atoms with Gasteiger partial charge in [-0.25, -0.2) is 0 Å². The molecule has 22 heavy (non-hydrogen) atoms. The van der Waals surface area contributed by atoms with Crippen molar-refractivity contribution in [3.8, 4) is 0 Å². The van der Waals surface area contributed by atoms with Crippen molar-refractivity contribution in [2.45, 2.75) is 6.92 Å². The summed E-state index contributed by atoms with van der Waals surface area (Å²) in [6.07, 6.45) is 1.93. The van der Waals surface area contributed by atoms with Crippen LogP contribution in [0.2, 0.25) is 0 Å². The highest BCUT2D eigenvalue weighted by Crippen LogP contribution is 2.24. The minimum absolute atomic E-state index is 0.672. The zero-order valence-electron chi connectivity index (χ0n) is 12.5. The Bertz CT molecular complexity index is 885. The maximum absolute atomic E-state index is 5.10. The molecule has 0 aromatic heterocycles. The number of thioether (sulfide) groups is 1. The van der Waals surface area contributed by atoms with Crippen molar-refractivity contribution in [2.24, 2.45) is 5.10 Å². The highest BCUT2D eigenvalue weighted by Gasteiger charge is 2.02. The van der Waals surface area contributed by atoms with Crippen LogP contribution in [-0.4, -0.2) is 16.3 Å². The molecule has 0 radical (unpaired) electrons. The lowest BCUT2D eigenvalue weighted by Gasteiger charge is -2.06. The summed E-state index contributed by atoms with van der Waals surface area (Å²) in [4.78, 5) is 0. The van der Waals surface area contributed by atoms with Gasteiger partial charge in [0, 0.05) is 0 Å². The van der Waals surface area contributed by atoms with Crippen LogP contribution in [0.25, 0.3) is 21.5 Å². The molecule has 0 bridgehead atoms. The molecule has 2 nitrogen and oxygen atoms in total. The molecule has 0 fully saturated rings. The van der Waals surface area contributed by atoms with E-state index in [0.717, 1.165) is 11.3 Å². The van der Waals surface area contributed by atoms with E-state index >= 15 is 0 Å². The van der Waals surface area contributed by atoms with E-state index in [-0.39, 0.29) is 0 Å². The number of nitrogens with one attached hydrogen (secondary N) is 1. The molecule has 0 heterocycles. The highest BCUT2D eigenvalue weighted by molar-refractivity contribution is 8.22. The summed E-state index contributed by atoms with van der Waals surface area (Å²) >= 11 is 6.58. The molecule has 0 saturated carbocycles. The van der Waals surface area contributed by atoms with E-state index in [1.54, 1.807) is 0 Å². The van der Waals surface area contributed by atoms with Crippen LogP contribution in [0.4, 0.5) is 0 Å². The number of hydrazone groups is 1. The van der Waals surface area contributed by atoms with Gasteiger partial charge in [-0.2, -0.15) is 5.10 Å². The maximum Gasteiger partial charge on any atom is 0.153 e. The maximum atomic E-state index is 5.10.